The standard InChI is InChI=1S/C17H28N2O2/c1-4-19-9-7-14(8-10-19)12-18-13-15-5-6-16(20-2)17(11-15)21-3/h5-6,11,14,18H,4,7-10,12-13H2,1-3H3. The van der Waals surface area contributed by atoms with Crippen LogP contribution in [0.1, 0.15) is 25.3 Å². The van der Waals surface area contributed by atoms with Crippen molar-refractivity contribution in [3.63, 3.8) is 0 Å². The molecule has 21 heavy (non-hydrogen) atoms. The topological polar surface area (TPSA) is 33.7 Å². The van der Waals surface area contributed by atoms with Crippen LogP contribution in [0.25, 0.3) is 0 Å². The Balaban J connectivity index is 1.76. The van der Waals surface area contributed by atoms with Gasteiger partial charge in [0.15, 0.2) is 11.5 Å². The Bertz CT molecular complexity index is 429. The lowest BCUT2D eigenvalue weighted by atomic mass is 9.97. The Hall–Kier alpha value is -1.26. The average Bonchev–Trinajstić information content (AvgIpc) is 2.55. The summed E-state index contributed by atoms with van der Waals surface area (Å²) in [5.74, 6) is 2.40. The lowest BCUT2D eigenvalue weighted by molar-refractivity contribution is 0.190. The van der Waals surface area contributed by atoms with Crippen molar-refractivity contribution in [2.24, 2.45) is 5.92 Å². The number of hydrogen-bond donors (Lipinski definition) is 1. The van der Waals surface area contributed by atoms with E-state index in [1.54, 1.807) is 14.2 Å². The molecule has 2 rings (SSSR count). The van der Waals surface area contributed by atoms with Crippen LogP contribution in [0.2, 0.25) is 0 Å². The van der Waals surface area contributed by atoms with Crippen molar-refractivity contribution in [2.75, 3.05) is 40.4 Å². The van der Waals surface area contributed by atoms with Crippen LogP contribution in [0.3, 0.4) is 0 Å². The molecule has 1 saturated heterocycles. The molecule has 4 nitrogen and oxygen atoms in total. The van der Waals surface area contributed by atoms with Gasteiger partial charge in [-0.25, -0.2) is 0 Å². The molecule has 0 saturated carbocycles. The van der Waals surface area contributed by atoms with Gasteiger partial charge in [0.25, 0.3) is 0 Å². The van der Waals surface area contributed by atoms with Gasteiger partial charge in [0.2, 0.25) is 0 Å². The third-order valence-corrected chi connectivity index (χ3v) is 4.36. The Morgan fingerprint density at radius 1 is 1.14 bits per heavy atom. The maximum Gasteiger partial charge on any atom is 0.161 e. The number of hydrogen-bond acceptors (Lipinski definition) is 4. The smallest absolute Gasteiger partial charge is 0.161 e. The molecule has 1 N–H and O–H groups in total. The van der Waals surface area contributed by atoms with Crippen molar-refractivity contribution >= 4 is 0 Å². The molecule has 1 aromatic carbocycles. The molecule has 0 spiro atoms. The molecule has 0 aliphatic carbocycles. The SMILES string of the molecule is CCN1CCC(CNCc2ccc(OC)c(OC)c2)CC1. The maximum absolute atomic E-state index is 5.34. The monoisotopic (exact) mass is 292 g/mol. The zero-order chi connectivity index (χ0) is 15.1. The van der Waals surface area contributed by atoms with Gasteiger partial charge in [-0.2, -0.15) is 0 Å². The van der Waals surface area contributed by atoms with E-state index < -0.39 is 0 Å². The zero-order valence-electron chi connectivity index (χ0n) is 13.5. The van der Waals surface area contributed by atoms with Crippen LogP contribution in [0.4, 0.5) is 0 Å². The molecule has 4 heteroatoms. The van der Waals surface area contributed by atoms with Crippen LogP contribution in [-0.2, 0) is 6.54 Å². The molecule has 1 aromatic rings. The van der Waals surface area contributed by atoms with Gasteiger partial charge in [0, 0.05) is 6.54 Å². The van der Waals surface area contributed by atoms with Gasteiger partial charge in [-0.15, -0.1) is 0 Å². The van der Waals surface area contributed by atoms with E-state index in [4.69, 9.17) is 9.47 Å². The third-order valence-electron chi connectivity index (χ3n) is 4.36. The number of methoxy groups -OCH3 is 2. The minimum Gasteiger partial charge on any atom is -0.493 e. The van der Waals surface area contributed by atoms with Crippen molar-refractivity contribution in [1.82, 2.24) is 10.2 Å². The predicted molar refractivity (Wildman–Crippen MR) is 86.1 cm³/mol. The zero-order valence-corrected chi connectivity index (χ0v) is 13.5. The second kappa shape index (κ2) is 8.25. The Kier molecular flexibility index (Phi) is 6.33. The summed E-state index contributed by atoms with van der Waals surface area (Å²) >= 11 is 0. The van der Waals surface area contributed by atoms with E-state index in [1.165, 1.54) is 38.0 Å². The molecular formula is C17H28N2O2. The number of nitrogens with zero attached hydrogens (tertiary/aromatic N) is 1. The first-order chi connectivity index (χ1) is 10.3. The molecule has 0 atom stereocenters. The van der Waals surface area contributed by atoms with Crippen molar-refractivity contribution < 1.29 is 9.47 Å². The van der Waals surface area contributed by atoms with Gasteiger partial charge in [0.05, 0.1) is 14.2 Å². The minimum absolute atomic E-state index is 0.785. The summed E-state index contributed by atoms with van der Waals surface area (Å²) in [5.41, 5.74) is 1.23. The number of likely N-dealkylation sites (tertiary alicyclic amines) is 1. The first-order valence-corrected chi connectivity index (χ1v) is 7.90. The Morgan fingerprint density at radius 2 is 1.86 bits per heavy atom. The summed E-state index contributed by atoms with van der Waals surface area (Å²) in [6, 6.07) is 6.11. The summed E-state index contributed by atoms with van der Waals surface area (Å²) in [4.78, 5) is 2.53. The summed E-state index contributed by atoms with van der Waals surface area (Å²) in [5, 5.41) is 3.58. The highest BCUT2D eigenvalue weighted by atomic mass is 16.5. The molecule has 0 aromatic heterocycles. The maximum atomic E-state index is 5.34. The van der Waals surface area contributed by atoms with E-state index in [-0.39, 0.29) is 0 Å². The highest BCUT2D eigenvalue weighted by Crippen LogP contribution is 2.27. The van der Waals surface area contributed by atoms with Crippen LogP contribution in [0.15, 0.2) is 18.2 Å². The van der Waals surface area contributed by atoms with Gasteiger partial charge >= 0.3 is 0 Å². The molecule has 0 bridgehead atoms. The molecule has 1 aliphatic rings. The average molecular weight is 292 g/mol. The molecule has 0 unspecified atom stereocenters. The van der Waals surface area contributed by atoms with Gasteiger partial charge in [-0.1, -0.05) is 13.0 Å². The van der Waals surface area contributed by atoms with Gasteiger partial charge in [0.1, 0.15) is 0 Å². The van der Waals surface area contributed by atoms with Gasteiger partial charge in [-0.05, 0) is 62.6 Å². The minimum atomic E-state index is 0.785. The van der Waals surface area contributed by atoms with Crippen LogP contribution in [-0.4, -0.2) is 45.3 Å². The fraction of sp³-hybridized carbons (Fsp3) is 0.647. The van der Waals surface area contributed by atoms with E-state index in [2.05, 4.69) is 23.2 Å². The van der Waals surface area contributed by atoms with E-state index in [0.717, 1.165) is 30.5 Å². The molecule has 1 aliphatic heterocycles. The molecule has 118 valence electrons. The third kappa shape index (κ3) is 4.61. The summed E-state index contributed by atoms with van der Waals surface area (Å²) in [7, 11) is 3.34. The first kappa shape index (κ1) is 16.1. The number of nitrogens with one attached hydrogen (secondary N) is 1. The largest absolute Gasteiger partial charge is 0.493 e. The highest BCUT2D eigenvalue weighted by Gasteiger charge is 2.17. The van der Waals surface area contributed by atoms with Crippen LogP contribution in [0, 0.1) is 5.92 Å². The van der Waals surface area contributed by atoms with Crippen LogP contribution in [0.5, 0.6) is 11.5 Å². The second-order valence-corrected chi connectivity index (χ2v) is 5.70. The quantitative estimate of drug-likeness (QED) is 0.837. The Labute approximate surface area is 128 Å². The van der Waals surface area contributed by atoms with E-state index in [1.807, 2.05) is 12.1 Å². The number of rotatable bonds is 7. The van der Waals surface area contributed by atoms with Crippen molar-refractivity contribution in [1.29, 1.82) is 0 Å². The molecule has 0 radical (unpaired) electrons. The molecular weight excluding hydrogens is 264 g/mol. The highest BCUT2D eigenvalue weighted by molar-refractivity contribution is 5.42. The first-order valence-electron chi connectivity index (χ1n) is 7.90. The fourth-order valence-electron chi connectivity index (χ4n) is 2.92. The predicted octanol–water partition coefficient (Wildman–Crippen LogP) is 2.53. The van der Waals surface area contributed by atoms with Crippen molar-refractivity contribution in [2.45, 2.75) is 26.3 Å². The van der Waals surface area contributed by atoms with Gasteiger partial charge < -0.3 is 19.7 Å². The fourth-order valence-corrected chi connectivity index (χ4v) is 2.92. The number of piperidine rings is 1. The van der Waals surface area contributed by atoms with Crippen molar-refractivity contribution in [3.8, 4) is 11.5 Å². The van der Waals surface area contributed by atoms with Crippen LogP contribution < -0.4 is 14.8 Å². The molecule has 1 fully saturated rings. The molecule has 0 amide bonds. The lowest BCUT2D eigenvalue weighted by Crippen LogP contribution is -2.36. The van der Waals surface area contributed by atoms with E-state index >= 15 is 0 Å². The lowest BCUT2D eigenvalue weighted by Gasteiger charge is -2.31. The van der Waals surface area contributed by atoms with E-state index in [0.29, 0.717) is 0 Å². The Morgan fingerprint density at radius 3 is 2.48 bits per heavy atom. The normalized spacial score (nSPS) is 16.9. The molecule has 1 heterocycles. The summed E-state index contributed by atoms with van der Waals surface area (Å²) < 4.78 is 10.6. The second-order valence-electron chi connectivity index (χ2n) is 5.70. The summed E-state index contributed by atoms with van der Waals surface area (Å²) in [6.07, 6.45) is 2.62. The number of benzene rings is 1. The van der Waals surface area contributed by atoms with Crippen molar-refractivity contribution in [3.05, 3.63) is 23.8 Å². The van der Waals surface area contributed by atoms with E-state index in [9.17, 15) is 0 Å². The van der Waals surface area contributed by atoms with Gasteiger partial charge in [-0.3, -0.25) is 0 Å². The number of ether oxygens (including phenoxy) is 2. The van der Waals surface area contributed by atoms with Crippen LogP contribution >= 0.6 is 0 Å². The summed E-state index contributed by atoms with van der Waals surface area (Å²) in [6.45, 7) is 7.92.